The van der Waals surface area contributed by atoms with Crippen molar-refractivity contribution in [3.8, 4) is 5.75 Å². The number of amides is 2. The Kier molecular flexibility index (Phi) is 5.28. The number of halogens is 3. The van der Waals surface area contributed by atoms with Crippen molar-refractivity contribution in [3.05, 3.63) is 59.2 Å². The Morgan fingerprint density at radius 2 is 1.84 bits per heavy atom. The van der Waals surface area contributed by atoms with Crippen molar-refractivity contribution in [1.82, 2.24) is 10.2 Å². The van der Waals surface area contributed by atoms with Gasteiger partial charge in [0.2, 0.25) is 0 Å². The number of ketones is 1. The van der Waals surface area contributed by atoms with Crippen molar-refractivity contribution in [2.24, 2.45) is 0 Å². The Balaban J connectivity index is 1.39. The molecule has 1 heterocycles. The van der Waals surface area contributed by atoms with E-state index in [1.54, 1.807) is 29.2 Å². The molecule has 1 spiro atoms. The van der Waals surface area contributed by atoms with Gasteiger partial charge in [-0.3, -0.25) is 4.79 Å². The molecule has 6 nitrogen and oxygen atoms in total. The largest absolute Gasteiger partial charge is 0.573 e. The highest BCUT2D eigenvalue weighted by Crippen LogP contribution is 2.48. The number of piperidine rings is 1. The van der Waals surface area contributed by atoms with Crippen molar-refractivity contribution in [1.29, 1.82) is 0 Å². The molecular formula is C22H22F3N3O3. The topological polar surface area (TPSA) is 84.7 Å². The van der Waals surface area contributed by atoms with Crippen molar-refractivity contribution < 1.29 is 27.5 Å². The Morgan fingerprint density at radius 1 is 1.13 bits per heavy atom. The van der Waals surface area contributed by atoms with Gasteiger partial charge in [-0.05, 0) is 30.5 Å². The van der Waals surface area contributed by atoms with E-state index >= 15 is 0 Å². The third kappa shape index (κ3) is 4.17. The monoisotopic (exact) mass is 433 g/mol. The number of ether oxygens (including phenoxy) is 1. The average molecular weight is 433 g/mol. The first kappa shape index (κ1) is 21.0. The van der Waals surface area contributed by atoms with E-state index in [0.29, 0.717) is 43.6 Å². The molecule has 2 aromatic carbocycles. The van der Waals surface area contributed by atoms with Crippen LogP contribution in [0, 0.1) is 0 Å². The molecule has 1 saturated heterocycles. The predicted molar refractivity (Wildman–Crippen MR) is 108 cm³/mol. The number of fused-ring (bicyclic) bond motifs is 2. The fourth-order valence-corrected chi connectivity index (χ4v) is 4.61. The fourth-order valence-electron chi connectivity index (χ4n) is 4.61. The molecule has 1 aliphatic heterocycles. The fraction of sp³-hybridized carbons (Fsp3) is 0.364. The third-order valence-electron chi connectivity index (χ3n) is 6.06. The van der Waals surface area contributed by atoms with E-state index < -0.39 is 6.36 Å². The van der Waals surface area contributed by atoms with Gasteiger partial charge in [0, 0.05) is 48.3 Å². The van der Waals surface area contributed by atoms with Crippen LogP contribution < -0.4 is 15.8 Å². The number of rotatable bonds is 3. The molecule has 3 N–H and O–H groups in total. The molecule has 0 aromatic heterocycles. The van der Waals surface area contributed by atoms with Crippen LogP contribution in [0.15, 0.2) is 42.5 Å². The number of benzene rings is 2. The standard InChI is InChI=1S/C22H22F3N3O3/c23-22(24,25)31-18-7-2-1-4-14(18)13-27-20(30)28-10-8-21(9-11-28)12-17(29)15-5-3-6-16(26)19(15)21/h1-7H,8-13,26H2,(H,27,30). The number of nitrogen functional groups attached to an aromatic ring is 1. The molecule has 0 radical (unpaired) electrons. The van der Waals surface area contributed by atoms with Crippen molar-refractivity contribution in [2.45, 2.75) is 37.6 Å². The van der Waals surface area contributed by atoms with E-state index in [1.807, 2.05) is 0 Å². The van der Waals surface area contributed by atoms with Crippen LogP contribution in [0.25, 0.3) is 0 Å². The van der Waals surface area contributed by atoms with Gasteiger partial charge < -0.3 is 20.7 Å². The van der Waals surface area contributed by atoms with Crippen LogP contribution in [0.1, 0.15) is 40.7 Å². The summed E-state index contributed by atoms with van der Waals surface area (Å²) in [6.45, 7) is 0.752. The van der Waals surface area contributed by atoms with Gasteiger partial charge in [-0.2, -0.15) is 0 Å². The van der Waals surface area contributed by atoms with Gasteiger partial charge in [-0.1, -0.05) is 30.3 Å². The smallest absolute Gasteiger partial charge is 0.405 e. The molecule has 164 valence electrons. The van der Waals surface area contributed by atoms with Crippen LogP contribution in [-0.2, 0) is 12.0 Å². The summed E-state index contributed by atoms with van der Waals surface area (Å²) in [6.07, 6.45) is -3.23. The van der Waals surface area contributed by atoms with Gasteiger partial charge in [-0.15, -0.1) is 13.2 Å². The van der Waals surface area contributed by atoms with E-state index in [-0.39, 0.29) is 35.1 Å². The number of Topliss-reactive ketones (excluding diaryl/α,β-unsaturated/α-hetero) is 1. The Hall–Kier alpha value is -3.23. The number of hydrogen-bond donors (Lipinski definition) is 2. The zero-order valence-corrected chi connectivity index (χ0v) is 16.7. The molecule has 1 fully saturated rings. The van der Waals surface area contributed by atoms with E-state index in [1.165, 1.54) is 18.2 Å². The van der Waals surface area contributed by atoms with Crippen molar-refractivity contribution in [2.75, 3.05) is 18.8 Å². The number of likely N-dealkylation sites (tertiary alicyclic amines) is 1. The second-order valence-corrected chi connectivity index (χ2v) is 7.95. The van der Waals surface area contributed by atoms with Crippen molar-refractivity contribution in [3.63, 3.8) is 0 Å². The number of nitrogens with one attached hydrogen (secondary N) is 1. The number of anilines is 1. The number of para-hydroxylation sites is 1. The van der Waals surface area contributed by atoms with E-state index in [2.05, 4.69) is 10.1 Å². The average Bonchev–Trinajstić information content (AvgIpc) is 2.99. The quantitative estimate of drug-likeness (QED) is 0.717. The first-order valence-corrected chi connectivity index (χ1v) is 9.97. The van der Waals surface area contributed by atoms with Gasteiger partial charge in [0.1, 0.15) is 5.75 Å². The highest BCUT2D eigenvalue weighted by atomic mass is 19.4. The number of carbonyl (C=O) groups excluding carboxylic acids is 2. The minimum absolute atomic E-state index is 0.0708. The van der Waals surface area contributed by atoms with Crippen LogP contribution >= 0.6 is 0 Å². The Morgan fingerprint density at radius 3 is 2.55 bits per heavy atom. The summed E-state index contributed by atoms with van der Waals surface area (Å²) in [7, 11) is 0. The molecule has 2 amide bonds. The number of nitrogens with zero attached hydrogens (tertiary/aromatic N) is 1. The van der Waals surface area contributed by atoms with Gasteiger partial charge >= 0.3 is 12.4 Å². The first-order chi connectivity index (χ1) is 14.7. The Bertz CT molecular complexity index is 1010. The van der Waals surface area contributed by atoms with Gasteiger partial charge in [0.25, 0.3) is 0 Å². The summed E-state index contributed by atoms with van der Waals surface area (Å²) in [5, 5.41) is 2.66. The van der Waals surface area contributed by atoms with Crippen LogP contribution in [0.2, 0.25) is 0 Å². The normalized spacial score (nSPS) is 17.5. The summed E-state index contributed by atoms with van der Waals surface area (Å²) >= 11 is 0. The minimum atomic E-state index is -4.81. The van der Waals surface area contributed by atoms with Crippen molar-refractivity contribution >= 4 is 17.5 Å². The molecule has 9 heteroatoms. The molecule has 0 saturated carbocycles. The van der Waals surface area contributed by atoms with E-state index in [4.69, 9.17) is 5.73 Å². The lowest BCUT2D eigenvalue weighted by Crippen LogP contribution is -2.48. The highest BCUT2D eigenvalue weighted by molar-refractivity contribution is 6.03. The van der Waals surface area contributed by atoms with Gasteiger partial charge in [-0.25, -0.2) is 4.79 Å². The van der Waals surface area contributed by atoms with E-state index in [9.17, 15) is 22.8 Å². The number of alkyl halides is 3. The van der Waals surface area contributed by atoms with E-state index in [0.717, 1.165) is 5.56 Å². The Labute approximate surface area is 177 Å². The SMILES string of the molecule is Nc1cccc2c1C1(CCN(C(=O)NCc3ccccc3OC(F)(F)F)CC1)CC2=O. The molecule has 2 aliphatic rings. The molecular weight excluding hydrogens is 411 g/mol. The minimum Gasteiger partial charge on any atom is -0.405 e. The number of urea groups is 1. The summed E-state index contributed by atoms with van der Waals surface area (Å²) in [5.41, 5.74) is 8.19. The van der Waals surface area contributed by atoms with Gasteiger partial charge in [0.15, 0.2) is 5.78 Å². The number of hydrogen-bond acceptors (Lipinski definition) is 4. The molecule has 4 rings (SSSR count). The highest BCUT2D eigenvalue weighted by Gasteiger charge is 2.46. The lowest BCUT2D eigenvalue weighted by atomic mass is 9.73. The maximum absolute atomic E-state index is 12.6. The number of carbonyl (C=O) groups is 2. The summed E-state index contributed by atoms with van der Waals surface area (Å²) in [4.78, 5) is 26.7. The molecule has 0 bridgehead atoms. The molecule has 1 aliphatic carbocycles. The van der Waals surface area contributed by atoms with Crippen LogP contribution in [-0.4, -0.2) is 36.2 Å². The van der Waals surface area contributed by atoms with Crippen LogP contribution in [0.5, 0.6) is 5.75 Å². The summed E-state index contributed by atoms with van der Waals surface area (Å²) in [6, 6.07) is 10.7. The second kappa shape index (κ2) is 7.79. The zero-order chi connectivity index (χ0) is 22.2. The lowest BCUT2D eigenvalue weighted by molar-refractivity contribution is -0.274. The number of nitrogens with two attached hydrogens (primary N) is 1. The summed E-state index contributed by atoms with van der Waals surface area (Å²) in [5.74, 6) is -0.272. The maximum Gasteiger partial charge on any atom is 0.573 e. The zero-order valence-electron chi connectivity index (χ0n) is 16.7. The molecule has 0 unspecified atom stereocenters. The lowest BCUT2D eigenvalue weighted by Gasteiger charge is -2.40. The third-order valence-corrected chi connectivity index (χ3v) is 6.06. The van der Waals surface area contributed by atoms with Crippen LogP contribution in [0.3, 0.4) is 0 Å². The molecule has 31 heavy (non-hydrogen) atoms. The van der Waals surface area contributed by atoms with Crippen LogP contribution in [0.4, 0.5) is 23.7 Å². The predicted octanol–water partition coefficient (Wildman–Crippen LogP) is 4.00. The second-order valence-electron chi connectivity index (χ2n) is 7.95. The first-order valence-electron chi connectivity index (χ1n) is 9.97. The molecule has 0 atom stereocenters. The van der Waals surface area contributed by atoms with Gasteiger partial charge in [0.05, 0.1) is 0 Å². The summed E-state index contributed by atoms with van der Waals surface area (Å²) < 4.78 is 41.7. The maximum atomic E-state index is 12.6. The molecule has 2 aromatic rings.